The highest BCUT2D eigenvalue weighted by Crippen LogP contribution is 2.18. The minimum atomic E-state index is -0.386. The van der Waals surface area contributed by atoms with Crippen LogP contribution in [0.15, 0.2) is 67.1 Å². The topological polar surface area (TPSA) is 33.8 Å². The van der Waals surface area contributed by atoms with Gasteiger partial charge in [-0.3, -0.25) is 0 Å². The van der Waals surface area contributed by atoms with Crippen molar-refractivity contribution in [3.8, 4) is 11.3 Å². The van der Waals surface area contributed by atoms with E-state index >= 15 is 0 Å². The third-order valence-corrected chi connectivity index (χ3v) is 3.44. The summed E-state index contributed by atoms with van der Waals surface area (Å²) >= 11 is 5.85. The number of benzene rings is 2. The highest BCUT2D eigenvalue weighted by Gasteiger charge is 2.07. The van der Waals surface area contributed by atoms with Crippen molar-refractivity contribution in [3.63, 3.8) is 0 Å². The molecule has 0 aliphatic carbocycles. The van der Waals surface area contributed by atoms with E-state index < -0.39 is 0 Å². The summed E-state index contributed by atoms with van der Waals surface area (Å²) in [5, 5.41) is 0.659. The van der Waals surface area contributed by atoms with Gasteiger partial charge in [-0.05, 0) is 48.0 Å². The molecule has 2 aromatic carbocycles. The van der Waals surface area contributed by atoms with Gasteiger partial charge in [0.05, 0.1) is 6.54 Å². The SMILES string of the molecule is O=C([C-][n+]1ccc(-c2ccc(Cl)cc2)nc1)c1ccc(F)cc1. The highest BCUT2D eigenvalue weighted by atomic mass is 35.5. The Morgan fingerprint density at radius 1 is 1.04 bits per heavy atom. The highest BCUT2D eigenvalue weighted by molar-refractivity contribution is 6.30. The van der Waals surface area contributed by atoms with Crippen LogP contribution < -0.4 is 4.57 Å². The Kier molecular flexibility index (Phi) is 4.35. The van der Waals surface area contributed by atoms with Crippen LogP contribution in [0.2, 0.25) is 5.02 Å². The molecule has 0 atom stereocenters. The molecule has 3 rings (SSSR count). The van der Waals surface area contributed by atoms with Gasteiger partial charge in [0.2, 0.25) is 6.33 Å². The van der Waals surface area contributed by atoms with Crippen LogP contribution in [0, 0.1) is 12.4 Å². The van der Waals surface area contributed by atoms with Gasteiger partial charge in [-0.2, -0.15) is 0 Å². The number of carbonyl (C=O) groups excluding carboxylic acids is 1. The Bertz CT molecular complexity index is 815. The molecule has 0 aliphatic heterocycles. The molecule has 1 aromatic heterocycles. The van der Waals surface area contributed by atoms with Crippen molar-refractivity contribution < 1.29 is 13.8 Å². The van der Waals surface area contributed by atoms with E-state index in [0.717, 1.165) is 11.3 Å². The maximum atomic E-state index is 12.9. The summed E-state index contributed by atoms with van der Waals surface area (Å²) in [6.07, 6.45) is 3.17. The Labute approximate surface area is 138 Å². The molecule has 0 fully saturated rings. The fourth-order valence-electron chi connectivity index (χ4n) is 2.00. The predicted octanol–water partition coefficient (Wildman–Crippen LogP) is 3.60. The monoisotopic (exact) mass is 325 g/mol. The van der Waals surface area contributed by atoms with Gasteiger partial charge in [0, 0.05) is 16.8 Å². The van der Waals surface area contributed by atoms with Crippen LogP contribution in [0.4, 0.5) is 4.39 Å². The molecular weight excluding hydrogens is 315 g/mol. The van der Waals surface area contributed by atoms with E-state index in [-0.39, 0.29) is 11.6 Å². The lowest BCUT2D eigenvalue weighted by molar-refractivity contribution is -0.628. The normalized spacial score (nSPS) is 10.3. The van der Waals surface area contributed by atoms with Crippen molar-refractivity contribution in [3.05, 3.63) is 90.1 Å². The van der Waals surface area contributed by atoms with Crippen molar-refractivity contribution in [1.82, 2.24) is 4.98 Å². The van der Waals surface area contributed by atoms with Gasteiger partial charge >= 0.3 is 0 Å². The molecule has 3 nitrogen and oxygen atoms in total. The molecule has 3 aromatic rings. The zero-order valence-electron chi connectivity index (χ0n) is 11.9. The first-order valence-corrected chi connectivity index (χ1v) is 7.20. The summed E-state index contributed by atoms with van der Waals surface area (Å²) in [5.74, 6) is -0.737. The van der Waals surface area contributed by atoms with Crippen molar-refractivity contribution in [2.24, 2.45) is 0 Å². The van der Waals surface area contributed by atoms with Gasteiger partial charge in [-0.15, -0.1) is 0 Å². The lowest BCUT2D eigenvalue weighted by Crippen LogP contribution is -2.35. The van der Waals surface area contributed by atoms with Crippen molar-refractivity contribution in [2.75, 3.05) is 0 Å². The Morgan fingerprint density at radius 3 is 2.35 bits per heavy atom. The number of halogens is 2. The van der Waals surface area contributed by atoms with Gasteiger partial charge < -0.3 is 9.36 Å². The number of hydrogen-bond donors (Lipinski definition) is 0. The second-order valence-electron chi connectivity index (χ2n) is 4.81. The van der Waals surface area contributed by atoms with E-state index in [1.54, 1.807) is 24.4 Å². The molecule has 0 spiro atoms. The van der Waals surface area contributed by atoms with Gasteiger partial charge in [-0.25, -0.2) is 4.39 Å². The van der Waals surface area contributed by atoms with Crippen LogP contribution in [-0.4, -0.2) is 10.8 Å². The molecule has 0 amide bonds. The van der Waals surface area contributed by atoms with Crippen LogP contribution in [0.3, 0.4) is 0 Å². The number of nitrogens with zero attached hydrogens (tertiary/aromatic N) is 2. The number of ketones is 1. The summed E-state index contributed by atoms with van der Waals surface area (Å²) in [6, 6.07) is 14.4. The minimum Gasteiger partial charge on any atom is -0.324 e. The number of Topliss-reactive ketones (excluding diaryl/α,β-unsaturated/α-hetero) is 1. The largest absolute Gasteiger partial charge is 0.324 e. The summed E-state index contributed by atoms with van der Waals surface area (Å²) in [4.78, 5) is 16.3. The van der Waals surface area contributed by atoms with E-state index in [1.807, 2.05) is 12.1 Å². The summed E-state index contributed by atoms with van der Waals surface area (Å²) < 4.78 is 14.3. The summed E-state index contributed by atoms with van der Waals surface area (Å²) in [6.45, 7) is 2.64. The van der Waals surface area contributed by atoms with E-state index in [9.17, 15) is 9.18 Å². The molecule has 0 bridgehead atoms. The maximum Gasteiger partial charge on any atom is 0.212 e. The maximum absolute atomic E-state index is 12.9. The molecule has 0 unspecified atom stereocenters. The van der Waals surface area contributed by atoms with Crippen molar-refractivity contribution in [2.45, 2.75) is 0 Å². The molecule has 0 N–H and O–H groups in total. The third kappa shape index (κ3) is 3.73. The van der Waals surface area contributed by atoms with E-state index in [1.165, 1.54) is 35.2 Å². The molecule has 0 aliphatic rings. The average Bonchev–Trinajstić information content (AvgIpc) is 2.57. The van der Waals surface area contributed by atoms with Crippen LogP contribution in [0.1, 0.15) is 10.4 Å². The van der Waals surface area contributed by atoms with Crippen LogP contribution in [0.25, 0.3) is 11.3 Å². The Morgan fingerprint density at radius 2 is 1.74 bits per heavy atom. The molecule has 0 saturated carbocycles. The summed E-state index contributed by atoms with van der Waals surface area (Å²) in [7, 11) is 0. The first kappa shape index (κ1) is 15.2. The smallest absolute Gasteiger partial charge is 0.212 e. The first-order chi connectivity index (χ1) is 11.1. The molecule has 0 saturated heterocycles. The lowest BCUT2D eigenvalue weighted by atomic mass is 10.1. The van der Waals surface area contributed by atoms with Gasteiger partial charge in [0.15, 0.2) is 5.69 Å². The lowest BCUT2D eigenvalue weighted by Gasteiger charge is -2.06. The molecule has 23 heavy (non-hydrogen) atoms. The Hall–Kier alpha value is -2.72. The zero-order chi connectivity index (χ0) is 16.2. The van der Waals surface area contributed by atoms with Crippen molar-refractivity contribution >= 4 is 17.4 Å². The summed E-state index contributed by atoms with van der Waals surface area (Å²) in [5.41, 5.74) is 2.04. The second kappa shape index (κ2) is 6.58. The minimum absolute atomic E-state index is 0.351. The van der Waals surface area contributed by atoms with Crippen LogP contribution in [0.5, 0.6) is 0 Å². The van der Waals surface area contributed by atoms with E-state index in [4.69, 9.17) is 11.6 Å². The van der Waals surface area contributed by atoms with Gasteiger partial charge in [0.25, 0.3) is 0 Å². The van der Waals surface area contributed by atoms with Crippen molar-refractivity contribution in [1.29, 1.82) is 0 Å². The average molecular weight is 326 g/mol. The molecular formula is C18H11ClFN2O. The Balaban J connectivity index is 1.73. The number of carbonyl (C=O) groups is 1. The van der Waals surface area contributed by atoms with Crippen LogP contribution in [-0.2, 0) is 0 Å². The second-order valence-corrected chi connectivity index (χ2v) is 5.24. The number of hydrogen-bond acceptors (Lipinski definition) is 2. The van der Waals surface area contributed by atoms with E-state index in [2.05, 4.69) is 11.5 Å². The number of aromatic nitrogens is 2. The fourth-order valence-corrected chi connectivity index (χ4v) is 2.12. The van der Waals surface area contributed by atoms with E-state index in [0.29, 0.717) is 10.6 Å². The standard InChI is InChI=1S/C18H11ClFN2O/c19-15-5-1-13(2-6-15)17-9-10-22(12-21-17)11-18(23)14-3-7-16(20)8-4-14/h1-10,12H. The molecule has 5 heteroatoms. The predicted molar refractivity (Wildman–Crippen MR) is 84.2 cm³/mol. The molecule has 113 valence electrons. The zero-order valence-corrected chi connectivity index (χ0v) is 12.7. The molecule has 1 heterocycles. The molecule has 1 radical (unpaired) electrons. The van der Waals surface area contributed by atoms with Gasteiger partial charge in [-0.1, -0.05) is 28.7 Å². The third-order valence-electron chi connectivity index (χ3n) is 3.19. The fraction of sp³-hybridized carbons (Fsp3) is 0. The quantitative estimate of drug-likeness (QED) is 0.417. The number of rotatable bonds is 4. The first-order valence-electron chi connectivity index (χ1n) is 6.82. The van der Waals surface area contributed by atoms with Crippen LogP contribution >= 0.6 is 11.6 Å². The van der Waals surface area contributed by atoms with Gasteiger partial charge in [0.1, 0.15) is 11.6 Å².